The fourth-order valence-electron chi connectivity index (χ4n) is 3.71. The fraction of sp³-hybridized carbons (Fsp3) is 0.115. The number of carbonyl (C=O) groups is 1. The van der Waals surface area contributed by atoms with Crippen molar-refractivity contribution >= 4 is 16.7 Å². The minimum absolute atomic E-state index is 0.0772. The Kier molecular flexibility index (Phi) is 5.50. The first-order valence-electron chi connectivity index (χ1n) is 9.95. The summed E-state index contributed by atoms with van der Waals surface area (Å²) in [6.45, 7) is 1.96. The molecule has 0 saturated heterocycles. The Hall–Kier alpha value is -3.99. The summed E-state index contributed by atoms with van der Waals surface area (Å²) in [6, 6.07) is 21.5. The number of rotatable bonds is 6. The number of fused-ring (bicyclic) bond motifs is 1. The van der Waals surface area contributed by atoms with Crippen LogP contribution in [0.25, 0.3) is 21.9 Å². The molecule has 0 fully saturated rings. The van der Waals surface area contributed by atoms with Crippen molar-refractivity contribution in [2.45, 2.75) is 19.8 Å². The molecule has 31 heavy (non-hydrogen) atoms. The summed E-state index contributed by atoms with van der Waals surface area (Å²) in [5, 5.41) is 30.5. The van der Waals surface area contributed by atoms with E-state index in [0.717, 1.165) is 33.0 Å². The van der Waals surface area contributed by atoms with Crippen molar-refractivity contribution in [3.8, 4) is 34.1 Å². The van der Waals surface area contributed by atoms with Gasteiger partial charge in [0.05, 0.1) is 0 Å². The molecule has 0 radical (unpaired) electrons. The maximum Gasteiger partial charge on any atom is 0.303 e. The van der Waals surface area contributed by atoms with E-state index in [2.05, 4.69) is 0 Å². The van der Waals surface area contributed by atoms with Crippen LogP contribution in [0.2, 0.25) is 0 Å². The zero-order valence-electron chi connectivity index (χ0n) is 17.0. The third kappa shape index (κ3) is 4.46. The number of aryl methyl sites for hydroxylation is 2. The molecule has 0 spiro atoms. The molecule has 4 aromatic rings. The van der Waals surface area contributed by atoms with Crippen LogP contribution in [0, 0.1) is 6.92 Å². The predicted molar refractivity (Wildman–Crippen MR) is 120 cm³/mol. The van der Waals surface area contributed by atoms with Gasteiger partial charge in [-0.25, -0.2) is 0 Å². The number of hydrogen-bond donors (Lipinski definition) is 3. The third-order valence-electron chi connectivity index (χ3n) is 5.18. The van der Waals surface area contributed by atoms with Crippen LogP contribution in [-0.2, 0) is 11.2 Å². The largest absolute Gasteiger partial charge is 0.508 e. The summed E-state index contributed by atoms with van der Waals surface area (Å²) in [6.07, 6.45) is 0.532. The van der Waals surface area contributed by atoms with Crippen LogP contribution in [0.15, 0.2) is 72.8 Å². The van der Waals surface area contributed by atoms with Crippen LogP contribution in [0.3, 0.4) is 0 Å². The molecule has 0 aliphatic carbocycles. The first-order valence-corrected chi connectivity index (χ1v) is 9.95. The Morgan fingerprint density at radius 2 is 1.65 bits per heavy atom. The summed E-state index contributed by atoms with van der Waals surface area (Å²) in [4.78, 5) is 10.8. The molecule has 0 aliphatic heterocycles. The molecule has 0 saturated carbocycles. The van der Waals surface area contributed by atoms with Gasteiger partial charge in [-0.2, -0.15) is 0 Å². The van der Waals surface area contributed by atoms with Gasteiger partial charge in [0.2, 0.25) is 0 Å². The number of phenolic OH excluding ortho intramolecular Hbond substituents is 2. The quantitative estimate of drug-likeness (QED) is 0.358. The molecule has 0 heterocycles. The molecule has 0 aromatic heterocycles. The van der Waals surface area contributed by atoms with Crippen LogP contribution in [0.1, 0.15) is 17.5 Å². The van der Waals surface area contributed by atoms with Crippen molar-refractivity contribution in [3.63, 3.8) is 0 Å². The lowest BCUT2D eigenvalue weighted by atomic mass is 9.94. The molecule has 0 amide bonds. The zero-order valence-corrected chi connectivity index (χ0v) is 17.0. The summed E-state index contributed by atoms with van der Waals surface area (Å²) in [5.74, 6) is 0.743. The average molecular weight is 414 g/mol. The Morgan fingerprint density at radius 1 is 0.903 bits per heavy atom. The number of benzene rings is 4. The maximum absolute atomic E-state index is 10.8. The smallest absolute Gasteiger partial charge is 0.303 e. The van der Waals surface area contributed by atoms with Gasteiger partial charge in [0.15, 0.2) is 0 Å². The van der Waals surface area contributed by atoms with Crippen LogP contribution in [-0.4, -0.2) is 21.3 Å². The van der Waals surface area contributed by atoms with E-state index < -0.39 is 5.97 Å². The number of phenols is 2. The molecule has 0 atom stereocenters. The summed E-state index contributed by atoms with van der Waals surface area (Å²) in [7, 11) is 0. The Morgan fingerprint density at radius 3 is 2.35 bits per heavy atom. The lowest BCUT2D eigenvalue weighted by Crippen LogP contribution is -1.97. The number of carboxylic acids is 1. The number of aromatic hydroxyl groups is 2. The number of carboxylic acid groups (broad SMARTS) is 1. The van der Waals surface area contributed by atoms with Crippen LogP contribution < -0.4 is 4.74 Å². The van der Waals surface area contributed by atoms with Gasteiger partial charge in [-0.15, -0.1) is 0 Å². The van der Waals surface area contributed by atoms with Gasteiger partial charge in [0, 0.05) is 17.4 Å². The molecular formula is C26H22O5. The lowest BCUT2D eigenvalue weighted by molar-refractivity contribution is -0.136. The van der Waals surface area contributed by atoms with E-state index in [1.807, 2.05) is 49.4 Å². The van der Waals surface area contributed by atoms with Crippen LogP contribution in [0.5, 0.6) is 23.0 Å². The van der Waals surface area contributed by atoms with E-state index in [-0.39, 0.29) is 17.9 Å². The van der Waals surface area contributed by atoms with E-state index in [1.54, 1.807) is 30.3 Å². The number of aliphatic carboxylic acids is 1. The van der Waals surface area contributed by atoms with Gasteiger partial charge < -0.3 is 20.1 Å². The van der Waals surface area contributed by atoms with Gasteiger partial charge in [0.25, 0.3) is 0 Å². The Labute approximate surface area is 179 Å². The molecule has 3 N–H and O–H groups in total. The van der Waals surface area contributed by atoms with Gasteiger partial charge in [-0.3, -0.25) is 4.79 Å². The zero-order chi connectivity index (χ0) is 22.0. The van der Waals surface area contributed by atoms with Crippen molar-refractivity contribution in [3.05, 3.63) is 83.9 Å². The molecule has 5 nitrogen and oxygen atoms in total. The third-order valence-corrected chi connectivity index (χ3v) is 5.18. The van der Waals surface area contributed by atoms with E-state index in [9.17, 15) is 15.0 Å². The van der Waals surface area contributed by atoms with Crippen molar-refractivity contribution in [1.29, 1.82) is 0 Å². The first-order chi connectivity index (χ1) is 14.9. The van der Waals surface area contributed by atoms with Crippen LogP contribution >= 0.6 is 0 Å². The normalized spacial score (nSPS) is 10.9. The van der Waals surface area contributed by atoms with E-state index in [1.165, 1.54) is 0 Å². The van der Waals surface area contributed by atoms with Crippen molar-refractivity contribution < 1.29 is 24.9 Å². The molecule has 0 aliphatic rings. The fourth-order valence-corrected chi connectivity index (χ4v) is 3.71. The van der Waals surface area contributed by atoms with E-state index in [0.29, 0.717) is 17.9 Å². The van der Waals surface area contributed by atoms with Crippen LogP contribution in [0.4, 0.5) is 0 Å². The van der Waals surface area contributed by atoms with Gasteiger partial charge in [0.1, 0.15) is 23.0 Å². The standard InChI is InChI=1S/C26H22O5/c1-16-13-19-15-21(28)8-11-23(19)26(25(16)18-3-2-4-20(27)14-18)31-22-9-5-17(6-10-22)7-12-24(29)30/h2-6,8-11,13-15,27-28H,7,12H2,1H3,(H,29,30). The van der Waals surface area contributed by atoms with Crippen molar-refractivity contribution in [2.75, 3.05) is 0 Å². The SMILES string of the molecule is Cc1cc2cc(O)ccc2c(Oc2ccc(CCC(=O)O)cc2)c1-c1cccc(O)c1. The second-order valence-corrected chi connectivity index (χ2v) is 7.49. The summed E-state index contributed by atoms with van der Waals surface area (Å²) in [5.41, 5.74) is 3.53. The highest BCUT2D eigenvalue weighted by Crippen LogP contribution is 2.43. The summed E-state index contributed by atoms with van der Waals surface area (Å²) >= 11 is 0. The molecule has 0 unspecified atom stereocenters. The number of hydrogen-bond acceptors (Lipinski definition) is 4. The Balaban J connectivity index is 1.81. The monoisotopic (exact) mass is 414 g/mol. The lowest BCUT2D eigenvalue weighted by Gasteiger charge is -2.18. The predicted octanol–water partition coefficient (Wildman–Crippen LogP) is 6.04. The van der Waals surface area contributed by atoms with E-state index in [4.69, 9.17) is 9.84 Å². The highest BCUT2D eigenvalue weighted by molar-refractivity contribution is 5.97. The van der Waals surface area contributed by atoms with Crippen molar-refractivity contribution in [2.24, 2.45) is 0 Å². The number of ether oxygens (including phenoxy) is 1. The second-order valence-electron chi connectivity index (χ2n) is 7.49. The average Bonchev–Trinajstić information content (AvgIpc) is 2.73. The van der Waals surface area contributed by atoms with Gasteiger partial charge in [-0.05, 0) is 77.9 Å². The molecule has 4 aromatic carbocycles. The minimum atomic E-state index is -0.828. The molecular weight excluding hydrogens is 392 g/mol. The first kappa shape index (κ1) is 20.3. The molecule has 4 rings (SSSR count). The van der Waals surface area contributed by atoms with Gasteiger partial charge in [-0.1, -0.05) is 30.3 Å². The molecule has 5 heteroatoms. The highest BCUT2D eigenvalue weighted by atomic mass is 16.5. The topological polar surface area (TPSA) is 87.0 Å². The molecule has 0 bridgehead atoms. The maximum atomic E-state index is 10.8. The Bertz CT molecular complexity index is 1260. The van der Waals surface area contributed by atoms with E-state index >= 15 is 0 Å². The van der Waals surface area contributed by atoms with Gasteiger partial charge >= 0.3 is 5.97 Å². The second kappa shape index (κ2) is 8.40. The summed E-state index contributed by atoms with van der Waals surface area (Å²) < 4.78 is 6.34. The van der Waals surface area contributed by atoms with Crippen molar-refractivity contribution in [1.82, 2.24) is 0 Å². The highest BCUT2D eigenvalue weighted by Gasteiger charge is 2.16. The molecule has 156 valence electrons. The minimum Gasteiger partial charge on any atom is -0.508 e.